The molecule has 0 aromatic heterocycles. The summed E-state index contributed by atoms with van der Waals surface area (Å²) in [6, 6.07) is 12.9. The first-order valence-electron chi connectivity index (χ1n) is 12.1. The number of benzene rings is 2. The molecule has 0 saturated heterocycles. The third kappa shape index (κ3) is 10.1. The molecule has 0 spiro atoms. The summed E-state index contributed by atoms with van der Waals surface area (Å²) in [6.45, 7) is 1.39. The van der Waals surface area contributed by atoms with Gasteiger partial charge >= 0.3 is 0 Å². The molecule has 0 saturated carbocycles. The molecule has 0 radical (unpaired) electrons. The van der Waals surface area contributed by atoms with Gasteiger partial charge in [-0.25, -0.2) is 0 Å². The van der Waals surface area contributed by atoms with Crippen LogP contribution in [0.15, 0.2) is 48.5 Å². The highest BCUT2D eigenvalue weighted by atomic mass is 16.3. The van der Waals surface area contributed by atoms with Crippen LogP contribution in [0.2, 0.25) is 0 Å². The Balaban J connectivity index is 1.85. The smallest absolute Gasteiger partial charge is 0.251 e. The monoisotopic (exact) mass is 487 g/mol. The topological polar surface area (TPSA) is 122 Å². The molecule has 0 heterocycles. The lowest BCUT2D eigenvalue weighted by molar-refractivity contribution is -0.123. The van der Waals surface area contributed by atoms with E-state index in [0.717, 1.165) is 24.1 Å². The van der Waals surface area contributed by atoms with Crippen LogP contribution in [-0.4, -0.2) is 41.9 Å². The number of amides is 2. The van der Waals surface area contributed by atoms with Crippen LogP contribution < -0.4 is 16.4 Å². The molecule has 0 fully saturated rings. The quantitative estimate of drug-likeness (QED) is 0.271. The molecule has 0 aliphatic rings. The Kier molecular flexibility index (Phi) is 12.5. The number of ketones is 1. The number of Topliss-reactive ketones (excluding diaryl/α,β-unsaturated/α-hetero) is 1. The average molecular weight is 488 g/mol. The van der Waals surface area contributed by atoms with Crippen molar-refractivity contribution < 1.29 is 19.5 Å². The van der Waals surface area contributed by atoms with Gasteiger partial charge in [0, 0.05) is 35.3 Å². The van der Waals surface area contributed by atoms with Gasteiger partial charge < -0.3 is 21.5 Å². The minimum atomic E-state index is -0.928. The third-order valence-corrected chi connectivity index (χ3v) is 5.38. The maximum atomic E-state index is 12.2. The SMILES string of the molecule is CCCCCCCC(=O)Nc1ccc(C#CC#Cc2ccc(C(=O)N[C@@H](CN)C(=O)CO)cc2)cc1. The number of nitrogens with two attached hydrogens (primary N) is 1. The molecule has 2 aromatic carbocycles. The lowest BCUT2D eigenvalue weighted by Crippen LogP contribution is -2.46. The molecular weight excluding hydrogens is 454 g/mol. The van der Waals surface area contributed by atoms with Crippen LogP contribution in [-0.2, 0) is 9.59 Å². The van der Waals surface area contributed by atoms with Crippen molar-refractivity contribution in [1.29, 1.82) is 0 Å². The van der Waals surface area contributed by atoms with E-state index in [1.54, 1.807) is 24.3 Å². The Morgan fingerprint density at radius 3 is 2.03 bits per heavy atom. The number of hydrogen-bond donors (Lipinski definition) is 4. The van der Waals surface area contributed by atoms with Gasteiger partial charge in [0.25, 0.3) is 5.91 Å². The minimum absolute atomic E-state index is 0.0255. The van der Waals surface area contributed by atoms with Crippen LogP contribution in [0, 0.1) is 23.7 Å². The number of aliphatic hydroxyl groups is 1. The zero-order valence-electron chi connectivity index (χ0n) is 20.6. The fraction of sp³-hybridized carbons (Fsp3) is 0.345. The number of hydrogen-bond acceptors (Lipinski definition) is 5. The van der Waals surface area contributed by atoms with Gasteiger partial charge in [0.05, 0.1) is 0 Å². The number of carbonyl (C=O) groups is 3. The maximum absolute atomic E-state index is 12.2. The first-order chi connectivity index (χ1) is 17.5. The number of unbranched alkanes of at least 4 members (excludes halogenated alkanes) is 4. The van der Waals surface area contributed by atoms with E-state index in [2.05, 4.69) is 41.2 Å². The molecule has 7 nitrogen and oxygen atoms in total. The molecule has 0 aliphatic heterocycles. The summed E-state index contributed by atoms with van der Waals surface area (Å²) in [6.07, 6.45) is 6.10. The average Bonchev–Trinajstić information content (AvgIpc) is 2.90. The van der Waals surface area contributed by atoms with Crippen LogP contribution in [0.1, 0.15) is 66.9 Å². The van der Waals surface area contributed by atoms with Crippen LogP contribution >= 0.6 is 0 Å². The van der Waals surface area contributed by atoms with Crippen molar-refractivity contribution in [2.24, 2.45) is 5.73 Å². The summed E-state index contributed by atoms with van der Waals surface area (Å²) in [5, 5.41) is 14.3. The standard InChI is InChI=1S/C29H33N3O4/c1-2-3-4-5-6-11-28(35)31-25-18-14-23(15-19-25)10-8-7-9-22-12-16-24(17-13-22)29(36)32-26(20-30)27(34)21-33/h12-19,26,33H,2-6,11,20-21,30H2,1H3,(H,31,35)(H,32,36)/t26-/m0/s1. The lowest BCUT2D eigenvalue weighted by atomic mass is 10.1. The van der Waals surface area contributed by atoms with E-state index in [9.17, 15) is 14.4 Å². The van der Waals surface area contributed by atoms with E-state index in [1.807, 2.05) is 24.3 Å². The molecular formula is C29H33N3O4. The van der Waals surface area contributed by atoms with Gasteiger partial charge in [-0.3, -0.25) is 14.4 Å². The Bertz CT molecular complexity index is 1130. The second kappa shape index (κ2) is 15.9. The fourth-order valence-electron chi connectivity index (χ4n) is 3.28. The molecule has 188 valence electrons. The van der Waals surface area contributed by atoms with Crippen molar-refractivity contribution in [3.63, 3.8) is 0 Å². The van der Waals surface area contributed by atoms with Gasteiger partial charge in [0.2, 0.25) is 5.91 Å². The van der Waals surface area contributed by atoms with E-state index in [0.29, 0.717) is 17.5 Å². The van der Waals surface area contributed by atoms with Crippen molar-refractivity contribution in [2.45, 2.75) is 51.5 Å². The molecule has 7 heteroatoms. The van der Waals surface area contributed by atoms with Gasteiger partial charge in [-0.15, -0.1) is 0 Å². The lowest BCUT2D eigenvalue weighted by Gasteiger charge is -2.14. The van der Waals surface area contributed by atoms with E-state index >= 15 is 0 Å². The number of nitrogens with one attached hydrogen (secondary N) is 2. The van der Waals surface area contributed by atoms with E-state index in [-0.39, 0.29) is 12.5 Å². The van der Waals surface area contributed by atoms with Gasteiger partial charge in [-0.1, -0.05) is 44.4 Å². The number of rotatable bonds is 12. The molecule has 0 aliphatic carbocycles. The first kappa shape index (κ1) is 28.3. The number of aliphatic hydroxyl groups excluding tert-OH is 1. The predicted molar refractivity (Wildman–Crippen MR) is 141 cm³/mol. The Hall–Kier alpha value is -3.91. The van der Waals surface area contributed by atoms with Crippen molar-refractivity contribution >= 4 is 23.3 Å². The molecule has 5 N–H and O–H groups in total. The second-order valence-corrected chi connectivity index (χ2v) is 8.25. The molecule has 36 heavy (non-hydrogen) atoms. The summed E-state index contributed by atoms with van der Waals surface area (Å²) >= 11 is 0. The number of carbonyl (C=O) groups excluding carboxylic acids is 3. The van der Waals surface area contributed by atoms with Gasteiger partial charge in [-0.2, -0.15) is 0 Å². The zero-order valence-corrected chi connectivity index (χ0v) is 20.6. The van der Waals surface area contributed by atoms with Crippen molar-refractivity contribution in [3.05, 3.63) is 65.2 Å². The summed E-state index contributed by atoms with van der Waals surface area (Å²) in [4.78, 5) is 35.8. The largest absolute Gasteiger partial charge is 0.388 e. The van der Waals surface area contributed by atoms with Gasteiger partial charge in [-0.05, 0) is 66.8 Å². The van der Waals surface area contributed by atoms with Crippen LogP contribution in [0.3, 0.4) is 0 Å². The van der Waals surface area contributed by atoms with Crippen molar-refractivity contribution in [1.82, 2.24) is 5.32 Å². The summed E-state index contributed by atoms with van der Waals surface area (Å²) in [7, 11) is 0. The third-order valence-electron chi connectivity index (χ3n) is 5.38. The highest BCUT2D eigenvalue weighted by molar-refractivity contribution is 5.98. The van der Waals surface area contributed by atoms with Crippen LogP contribution in [0.4, 0.5) is 5.69 Å². The van der Waals surface area contributed by atoms with E-state index in [1.165, 1.54) is 19.3 Å². The van der Waals surface area contributed by atoms with Gasteiger partial charge in [0.1, 0.15) is 12.6 Å². The molecule has 0 bridgehead atoms. The number of anilines is 1. The zero-order chi connectivity index (χ0) is 26.2. The highest BCUT2D eigenvalue weighted by Crippen LogP contribution is 2.11. The Morgan fingerprint density at radius 1 is 0.889 bits per heavy atom. The second-order valence-electron chi connectivity index (χ2n) is 8.25. The molecule has 2 amide bonds. The first-order valence-corrected chi connectivity index (χ1v) is 12.1. The summed E-state index contributed by atoms with van der Waals surface area (Å²) in [5.41, 5.74) is 8.01. The normalized spacial score (nSPS) is 10.8. The van der Waals surface area contributed by atoms with Crippen molar-refractivity contribution in [3.8, 4) is 23.7 Å². The van der Waals surface area contributed by atoms with E-state index in [4.69, 9.17) is 10.8 Å². The molecule has 1 atom stereocenters. The molecule has 2 rings (SSSR count). The molecule has 2 aromatic rings. The summed E-state index contributed by atoms with van der Waals surface area (Å²) in [5.74, 6) is 10.5. The predicted octanol–water partition coefficient (Wildman–Crippen LogP) is 3.01. The highest BCUT2D eigenvalue weighted by Gasteiger charge is 2.18. The Morgan fingerprint density at radius 2 is 1.47 bits per heavy atom. The van der Waals surface area contributed by atoms with Crippen LogP contribution in [0.5, 0.6) is 0 Å². The fourth-order valence-corrected chi connectivity index (χ4v) is 3.28. The minimum Gasteiger partial charge on any atom is -0.388 e. The molecule has 0 unspecified atom stereocenters. The van der Waals surface area contributed by atoms with Crippen molar-refractivity contribution in [2.75, 3.05) is 18.5 Å². The van der Waals surface area contributed by atoms with Crippen LogP contribution in [0.25, 0.3) is 0 Å². The summed E-state index contributed by atoms with van der Waals surface area (Å²) < 4.78 is 0. The maximum Gasteiger partial charge on any atom is 0.251 e. The van der Waals surface area contributed by atoms with Gasteiger partial charge in [0.15, 0.2) is 5.78 Å². The Labute approximate surface area is 212 Å². The van der Waals surface area contributed by atoms with E-state index < -0.39 is 24.3 Å².